The summed E-state index contributed by atoms with van der Waals surface area (Å²) in [6.45, 7) is 3.26. The van der Waals surface area contributed by atoms with Gasteiger partial charge in [-0.1, -0.05) is 35.1 Å². The number of benzene rings is 2. The zero-order valence-corrected chi connectivity index (χ0v) is 20.4. The van der Waals surface area contributed by atoms with E-state index in [1.165, 1.54) is 11.3 Å². The van der Waals surface area contributed by atoms with Crippen LogP contribution >= 0.6 is 35.3 Å². The molecule has 31 heavy (non-hydrogen) atoms. The van der Waals surface area contributed by atoms with E-state index >= 15 is 0 Å². The van der Waals surface area contributed by atoms with E-state index in [2.05, 4.69) is 4.90 Å². The lowest BCUT2D eigenvalue weighted by atomic mass is 10.2. The summed E-state index contributed by atoms with van der Waals surface area (Å²) in [4.78, 5) is 21.6. The Hall–Kier alpha value is -2.06. The monoisotopic (exact) mass is 483 g/mol. The van der Waals surface area contributed by atoms with Crippen LogP contribution in [0.5, 0.6) is 11.5 Å². The molecule has 0 fully saturated rings. The molecule has 9 heteroatoms. The Morgan fingerprint density at radius 2 is 1.84 bits per heavy atom. The topological polar surface area (TPSA) is 54.9 Å². The fourth-order valence-corrected chi connectivity index (χ4v) is 4.25. The molecule has 3 aromatic rings. The Bertz CT molecular complexity index is 1030. The highest BCUT2D eigenvalue weighted by molar-refractivity contribution is 7.22. The third-order valence-corrected chi connectivity index (χ3v) is 6.13. The molecule has 0 radical (unpaired) electrons. The van der Waals surface area contributed by atoms with Gasteiger partial charge in [-0.3, -0.25) is 9.69 Å². The van der Waals surface area contributed by atoms with Gasteiger partial charge in [-0.05, 0) is 63.8 Å². The van der Waals surface area contributed by atoms with E-state index in [1.54, 1.807) is 24.1 Å². The first kappa shape index (κ1) is 25.2. The summed E-state index contributed by atoms with van der Waals surface area (Å²) in [5, 5.41) is 1.33. The maximum atomic E-state index is 13.1. The number of halogens is 2. The summed E-state index contributed by atoms with van der Waals surface area (Å²) in [5.41, 5.74) is 1.75. The maximum Gasteiger partial charge on any atom is 0.266 e. The molecule has 0 saturated carbocycles. The molecule has 0 spiro atoms. The minimum absolute atomic E-state index is 0. The number of thiazole rings is 1. The molecule has 1 amide bonds. The van der Waals surface area contributed by atoms with Crippen molar-refractivity contribution in [2.24, 2.45) is 0 Å². The maximum absolute atomic E-state index is 13.1. The highest BCUT2D eigenvalue weighted by atomic mass is 35.5. The molecular weight excluding hydrogens is 457 g/mol. The van der Waals surface area contributed by atoms with Gasteiger partial charge in [-0.25, -0.2) is 4.98 Å². The van der Waals surface area contributed by atoms with Crippen LogP contribution in [0.2, 0.25) is 5.02 Å². The van der Waals surface area contributed by atoms with Crippen molar-refractivity contribution in [2.75, 3.05) is 45.8 Å². The Morgan fingerprint density at radius 1 is 1.13 bits per heavy atom. The molecule has 168 valence electrons. The molecule has 0 bridgehead atoms. The summed E-state index contributed by atoms with van der Waals surface area (Å²) < 4.78 is 12.1. The number of amides is 1. The van der Waals surface area contributed by atoms with Gasteiger partial charge in [0.1, 0.15) is 0 Å². The molecule has 0 aliphatic carbocycles. The summed E-state index contributed by atoms with van der Waals surface area (Å²) in [6.07, 6.45) is 0.822. The predicted octanol–water partition coefficient (Wildman–Crippen LogP) is 5.05. The van der Waals surface area contributed by atoms with Gasteiger partial charge in [0.05, 0.1) is 17.3 Å². The van der Waals surface area contributed by atoms with Gasteiger partial charge in [0.25, 0.3) is 5.91 Å². The molecule has 0 aliphatic heterocycles. The lowest BCUT2D eigenvalue weighted by molar-refractivity contribution is -0.120. The van der Waals surface area contributed by atoms with E-state index < -0.39 is 0 Å². The van der Waals surface area contributed by atoms with Crippen molar-refractivity contribution in [1.82, 2.24) is 9.88 Å². The van der Waals surface area contributed by atoms with Crippen molar-refractivity contribution in [3.63, 3.8) is 0 Å². The number of anilines is 1. The summed E-state index contributed by atoms with van der Waals surface area (Å²) in [6, 6.07) is 11.1. The molecule has 1 aromatic heterocycles. The van der Waals surface area contributed by atoms with Crippen LogP contribution in [-0.2, 0) is 4.79 Å². The van der Waals surface area contributed by atoms with Gasteiger partial charge in [-0.15, -0.1) is 12.4 Å². The van der Waals surface area contributed by atoms with Crippen molar-refractivity contribution in [3.8, 4) is 11.5 Å². The van der Waals surface area contributed by atoms with Crippen molar-refractivity contribution in [2.45, 2.75) is 13.3 Å². The fourth-order valence-electron chi connectivity index (χ4n) is 3.03. The first-order valence-electron chi connectivity index (χ1n) is 9.67. The third kappa shape index (κ3) is 6.23. The van der Waals surface area contributed by atoms with Gasteiger partial charge in [-0.2, -0.15) is 0 Å². The second kappa shape index (κ2) is 11.5. The van der Waals surface area contributed by atoms with E-state index in [0.717, 1.165) is 28.7 Å². The van der Waals surface area contributed by atoms with Crippen LogP contribution in [0.25, 0.3) is 10.2 Å². The summed E-state index contributed by atoms with van der Waals surface area (Å²) in [7, 11) is 5.60. The minimum Gasteiger partial charge on any atom is -0.493 e. The molecule has 0 N–H and O–H groups in total. The van der Waals surface area contributed by atoms with E-state index in [0.29, 0.717) is 28.2 Å². The first-order chi connectivity index (χ1) is 14.4. The lowest BCUT2D eigenvalue weighted by Gasteiger charge is -2.21. The summed E-state index contributed by atoms with van der Waals surface area (Å²) in [5.74, 6) is 0.977. The van der Waals surface area contributed by atoms with Crippen LogP contribution in [0.3, 0.4) is 0 Å². The normalized spacial score (nSPS) is 10.8. The zero-order valence-electron chi connectivity index (χ0n) is 18.1. The average molecular weight is 484 g/mol. The van der Waals surface area contributed by atoms with Crippen molar-refractivity contribution < 1.29 is 14.3 Å². The zero-order chi connectivity index (χ0) is 21.7. The fraction of sp³-hybridized carbons (Fsp3) is 0.364. The molecule has 2 aromatic carbocycles. The van der Waals surface area contributed by atoms with Gasteiger partial charge >= 0.3 is 0 Å². The van der Waals surface area contributed by atoms with E-state index in [4.69, 9.17) is 26.1 Å². The van der Waals surface area contributed by atoms with Gasteiger partial charge in [0.2, 0.25) is 0 Å². The number of carbonyl (C=O) groups is 1. The quantitative estimate of drug-likeness (QED) is 0.426. The molecule has 3 rings (SSSR count). The number of para-hydroxylation sites is 2. The number of hydrogen-bond acceptors (Lipinski definition) is 6. The Kier molecular flexibility index (Phi) is 9.37. The predicted molar refractivity (Wildman–Crippen MR) is 131 cm³/mol. The number of hydrogen-bond donors (Lipinski definition) is 0. The molecule has 0 unspecified atom stereocenters. The van der Waals surface area contributed by atoms with Crippen LogP contribution in [0, 0.1) is 6.92 Å². The highest BCUT2D eigenvalue weighted by Crippen LogP contribution is 2.34. The standard InChI is InChI=1S/C22H26ClN3O3S.ClH/c1-15-16(23)10-11-19-21(15)24-22(30-19)26(13-7-12-25(2)3)20(27)14-29-18-9-6-5-8-17(18)28-4;/h5-6,8-11H,7,12-14H2,1-4H3;1H. The van der Waals surface area contributed by atoms with Crippen LogP contribution < -0.4 is 14.4 Å². The average Bonchev–Trinajstić information content (AvgIpc) is 3.16. The Labute approximate surface area is 198 Å². The van der Waals surface area contributed by atoms with Crippen LogP contribution in [-0.4, -0.2) is 56.7 Å². The molecule has 0 aliphatic rings. The Balaban J connectivity index is 0.00000341. The molecule has 0 saturated heterocycles. The SMILES string of the molecule is COc1ccccc1OCC(=O)N(CCCN(C)C)c1nc2c(C)c(Cl)ccc2s1.Cl. The minimum atomic E-state index is -0.150. The van der Waals surface area contributed by atoms with E-state index in [9.17, 15) is 4.79 Å². The van der Waals surface area contributed by atoms with E-state index in [1.807, 2.05) is 45.3 Å². The summed E-state index contributed by atoms with van der Waals surface area (Å²) >= 11 is 7.74. The van der Waals surface area contributed by atoms with Crippen LogP contribution in [0.1, 0.15) is 12.0 Å². The smallest absolute Gasteiger partial charge is 0.266 e. The number of rotatable bonds is 9. The number of nitrogens with zero attached hydrogens (tertiary/aromatic N) is 3. The number of methoxy groups -OCH3 is 1. The lowest BCUT2D eigenvalue weighted by Crippen LogP contribution is -2.36. The largest absolute Gasteiger partial charge is 0.493 e. The van der Waals surface area contributed by atoms with Gasteiger partial charge in [0, 0.05) is 11.6 Å². The number of carbonyl (C=O) groups excluding carboxylic acids is 1. The first-order valence-corrected chi connectivity index (χ1v) is 10.9. The number of aromatic nitrogens is 1. The molecule has 1 heterocycles. The van der Waals surface area contributed by atoms with Crippen molar-refractivity contribution in [1.29, 1.82) is 0 Å². The van der Waals surface area contributed by atoms with Crippen molar-refractivity contribution in [3.05, 3.63) is 47.0 Å². The molecule has 0 atom stereocenters. The van der Waals surface area contributed by atoms with Gasteiger partial charge < -0.3 is 14.4 Å². The number of aryl methyl sites for hydroxylation is 1. The van der Waals surface area contributed by atoms with Crippen LogP contribution in [0.4, 0.5) is 5.13 Å². The van der Waals surface area contributed by atoms with E-state index in [-0.39, 0.29) is 24.9 Å². The second-order valence-corrected chi connectivity index (χ2v) is 8.57. The van der Waals surface area contributed by atoms with Gasteiger partial charge in [0.15, 0.2) is 23.2 Å². The molecular formula is C22H27Cl2N3O3S. The highest BCUT2D eigenvalue weighted by Gasteiger charge is 2.21. The third-order valence-electron chi connectivity index (χ3n) is 4.68. The van der Waals surface area contributed by atoms with Crippen LogP contribution in [0.15, 0.2) is 36.4 Å². The molecule has 6 nitrogen and oxygen atoms in total. The number of ether oxygens (including phenoxy) is 2. The van der Waals surface area contributed by atoms with Crippen molar-refractivity contribution >= 4 is 56.6 Å². The second-order valence-electron chi connectivity index (χ2n) is 7.16. The number of fused-ring (bicyclic) bond motifs is 1. The Morgan fingerprint density at radius 3 is 2.52 bits per heavy atom.